The van der Waals surface area contributed by atoms with Gasteiger partial charge >= 0.3 is 0 Å². The van der Waals surface area contributed by atoms with Crippen molar-refractivity contribution in [1.82, 2.24) is 0 Å². The van der Waals surface area contributed by atoms with Crippen LogP contribution in [-0.2, 0) is 0 Å². The molecule has 9 heavy (non-hydrogen) atoms. The van der Waals surface area contributed by atoms with Crippen LogP contribution in [0.3, 0.4) is 0 Å². The first-order chi connectivity index (χ1) is 3.41. The fourth-order valence-corrected chi connectivity index (χ4v) is 0.722. The molecule has 0 N–H and O–H groups in total. The summed E-state index contributed by atoms with van der Waals surface area (Å²) in [4.78, 5) is 0. The molecule has 0 aromatic carbocycles. The first kappa shape index (κ1) is 16.4. The molecule has 0 fully saturated rings. The van der Waals surface area contributed by atoms with Crippen molar-refractivity contribution in [2.75, 3.05) is 6.16 Å². The van der Waals surface area contributed by atoms with E-state index in [1.165, 1.54) is 25.4 Å². The highest BCUT2D eigenvalue weighted by atomic mass is 35.5. The van der Waals surface area contributed by atoms with Crippen LogP contribution in [-0.4, -0.2) is 6.16 Å². The molecule has 0 aliphatic carbocycles. The summed E-state index contributed by atoms with van der Waals surface area (Å²) in [7, 11) is 2.72. The second kappa shape index (κ2) is 15.9. The number of hydrogen-bond donors (Lipinski definition) is 0. The van der Waals surface area contributed by atoms with E-state index in [9.17, 15) is 0 Å². The van der Waals surface area contributed by atoms with Gasteiger partial charge in [-0.15, -0.1) is 40.6 Å². The molecule has 58 valence electrons. The van der Waals surface area contributed by atoms with Gasteiger partial charge in [0.15, 0.2) is 0 Å². The van der Waals surface area contributed by atoms with Gasteiger partial charge < -0.3 is 0 Å². The van der Waals surface area contributed by atoms with Gasteiger partial charge in [-0.1, -0.05) is 6.08 Å². The zero-order valence-electron chi connectivity index (χ0n) is 5.51. The van der Waals surface area contributed by atoms with Gasteiger partial charge in [0.05, 0.1) is 0 Å². The van der Waals surface area contributed by atoms with E-state index < -0.39 is 0 Å². The minimum absolute atomic E-state index is 0. The van der Waals surface area contributed by atoms with Gasteiger partial charge in [0.25, 0.3) is 0 Å². The fraction of sp³-hybridized carbons (Fsp3) is 0.667. The molecule has 0 aliphatic heterocycles. The highest BCUT2D eigenvalue weighted by Crippen LogP contribution is 1.97. The van der Waals surface area contributed by atoms with Crippen molar-refractivity contribution in [3.63, 3.8) is 0 Å². The molecule has 3 heteroatoms. The molecule has 0 spiro atoms. The molecule has 0 amide bonds. The number of unbranched alkanes of at least 4 members (excludes halogenated alkanes) is 2. The first-order valence-corrected chi connectivity index (χ1v) is 3.54. The molecule has 0 bridgehead atoms. The molecule has 0 aromatic rings. The molecule has 0 rings (SSSR count). The third kappa shape index (κ3) is 17.7. The van der Waals surface area contributed by atoms with Crippen LogP contribution >= 0.6 is 34.1 Å². The maximum absolute atomic E-state index is 3.63. The Bertz CT molecular complexity index is 48.3. The summed E-state index contributed by atoms with van der Waals surface area (Å²) in [5, 5.41) is 0. The molecular formula is C6H15Cl2P. The lowest BCUT2D eigenvalue weighted by molar-refractivity contribution is 0.824. The monoisotopic (exact) mass is 188 g/mol. The largest absolute Gasteiger partial charge is 0.147 e. The van der Waals surface area contributed by atoms with Gasteiger partial charge in [-0.3, -0.25) is 0 Å². The van der Waals surface area contributed by atoms with Crippen LogP contribution in [0.4, 0.5) is 0 Å². The summed E-state index contributed by atoms with van der Waals surface area (Å²) in [5.41, 5.74) is 0. The number of hydrogen-bond acceptors (Lipinski definition) is 0. The third-order valence-corrected chi connectivity index (χ3v) is 1.27. The average molecular weight is 189 g/mol. The van der Waals surface area contributed by atoms with E-state index in [0.29, 0.717) is 0 Å². The van der Waals surface area contributed by atoms with Gasteiger partial charge in [0.1, 0.15) is 0 Å². The maximum atomic E-state index is 3.63. The predicted molar refractivity (Wildman–Crippen MR) is 53.1 cm³/mol. The topological polar surface area (TPSA) is 0 Å². The summed E-state index contributed by atoms with van der Waals surface area (Å²) in [6, 6.07) is 0. The lowest BCUT2D eigenvalue weighted by Crippen LogP contribution is -1.71. The van der Waals surface area contributed by atoms with Crippen LogP contribution in [0.25, 0.3) is 0 Å². The summed E-state index contributed by atoms with van der Waals surface area (Å²) in [6.45, 7) is 3.63. The zero-order chi connectivity index (χ0) is 5.54. The van der Waals surface area contributed by atoms with E-state index in [2.05, 4.69) is 15.8 Å². The molecule has 0 radical (unpaired) electrons. The second-order valence-electron chi connectivity index (χ2n) is 1.57. The molecular weight excluding hydrogens is 174 g/mol. The Morgan fingerprint density at radius 3 is 2.11 bits per heavy atom. The Hall–Kier alpha value is 0.750. The SMILES string of the molecule is C=CCCCCP.Cl.Cl. The van der Waals surface area contributed by atoms with Crippen LogP contribution in [0.1, 0.15) is 19.3 Å². The molecule has 0 aliphatic rings. The maximum Gasteiger partial charge on any atom is -0.0353 e. The van der Waals surface area contributed by atoms with Crippen LogP contribution in [0.2, 0.25) is 0 Å². The van der Waals surface area contributed by atoms with E-state index in [1.54, 1.807) is 0 Å². The summed E-state index contributed by atoms with van der Waals surface area (Å²) in [5.74, 6) is 0. The Morgan fingerprint density at radius 2 is 1.78 bits per heavy atom. The van der Waals surface area contributed by atoms with Crippen molar-refractivity contribution in [2.45, 2.75) is 19.3 Å². The van der Waals surface area contributed by atoms with E-state index in [-0.39, 0.29) is 24.8 Å². The standard InChI is InChI=1S/C6H13P.2ClH/c1-2-3-4-5-6-7;;/h2H,1,3-7H2;2*1H. The van der Waals surface area contributed by atoms with Gasteiger partial charge in [-0.05, 0) is 25.4 Å². The summed E-state index contributed by atoms with van der Waals surface area (Å²) >= 11 is 0. The van der Waals surface area contributed by atoms with Crippen LogP contribution in [0.5, 0.6) is 0 Å². The Morgan fingerprint density at radius 1 is 1.22 bits per heavy atom. The van der Waals surface area contributed by atoms with Gasteiger partial charge in [0, 0.05) is 0 Å². The van der Waals surface area contributed by atoms with Crippen LogP contribution in [0, 0.1) is 0 Å². The summed E-state index contributed by atoms with van der Waals surface area (Å²) < 4.78 is 0. The molecule has 0 saturated heterocycles. The van der Waals surface area contributed by atoms with Gasteiger partial charge in [-0.2, -0.15) is 0 Å². The van der Waals surface area contributed by atoms with Crippen LogP contribution < -0.4 is 0 Å². The van der Waals surface area contributed by atoms with E-state index in [4.69, 9.17) is 0 Å². The van der Waals surface area contributed by atoms with Crippen molar-refractivity contribution < 1.29 is 0 Å². The number of halogens is 2. The first-order valence-electron chi connectivity index (χ1n) is 2.72. The van der Waals surface area contributed by atoms with E-state index in [1.807, 2.05) is 6.08 Å². The Labute approximate surface area is 72.5 Å². The Balaban J connectivity index is -0.000000180. The quantitative estimate of drug-likeness (QED) is 0.362. The molecule has 0 nitrogen and oxygen atoms in total. The predicted octanol–water partition coefficient (Wildman–Crippen LogP) is 3.06. The normalized spacial score (nSPS) is 6.78. The highest BCUT2D eigenvalue weighted by molar-refractivity contribution is 7.16. The summed E-state index contributed by atoms with van der Waals surface area (Å²) in [6.07, 6.45) is 6.99. The smallest absolute Gasteiger partial charge is 0.0353 e. The number of allylic oxidation sites excluding steroid dienone is 1. The molecule has 0 aromatic heterocycles. The minimum Gasteiger partial charge on any atom is -0.147 e. The van der Waals surface area contributed by atoms with Gasteiger partial charge in [-0.25, -0.2) is 0 Å². The minimum atomic E-state index is 0. The van der Waals surface area contributed by atoms with Crippen molar-refractivity contribution >= 4 is 34.1 Å². The zero-order valence-corrected chi connectivity index (χ0v) is 8.29. The van der Waals surface area contributed by atoms with Crippen molar-refractivity contribution in [3.05, 3.63) is 12.7 Å². The van der Waals surface area contributed by atoms with E-state index >= 15 is 0 Å². The van der Waals surface area contributed by atoms with Crippen molar-refractivity contribution in [2.24, 2.45) is 0 Å². The molecule has 0 heterocycles. The second-order valence-corrected chi connectivity index (χ2v) is 2.15. The Kier molecular flexibility index (Phi) is 28.9. The highest BCUT2D eigenvalue weighted by Gasteiger charge is 1.77. The third-order valence-electron chi connectivity index (χ3n) is 0.862. The lowest BCUT2D eigenvalue weighted by Gasteiger charge is -1.87. The average Bonchev–Trinajstić information content (AvgIpc) is 1.69. The number of rotatable bonds is 4. The molecule has 1 atom stereocenters. The van der Waals surface area contributed by atoms with E-state index in [0.717, 1.165) is 0 Å². The van der Waals surface area contributed by atoms with Crippen LogP contribution in [0.15, 0.2) is 12.7 Å². The fourth-order valence-electron chi connectivity index (χ4n) is 0.433. The van der Waals surface area contributed by atoms with Crippen molar-refractivity contribution in [3.8, 4) is 0 Å². The molecule has 0 saturated carbocycles. The molecule has 1 unspecified atom stereocenters. The van der Waals surface area contributed by atoms with Crippen molar-refractivity contribution in [1.29, 1.82) is 0 Å². The lowest BCUT2D eigenvalue weighted by atomic mass is 10.2. The van der Waals surface area contributed by atoms with Gasteiger partial charge in [0.2, 0.25) is 0 Å².